The fraction of sp³-hybridized carbons (Fsp3) is 0.250. The lowest BCUT2D eigenvalue weighted by atomic mass is 10.1. The molecule has 0 spiro atoms. The van der Waals surface area contributed by atoms with Gasteiger partial charge in [-0.05, 0) is 30.0 Å². The molecular weight excluding hydrogens is 296 g/mol. The molecule has 0 bridgehead atoms. The number of hydrogen-bond donors (Lipinski definition) is 3. The lowest BCUT2D eigenvalue weighted by Gasteiger charge is -2.11. The van der Waals surface area contributed by atoms with E-state index in [-0.39, 0.29) is 0 Å². The Morgan fingerprint density at radius 3 is 2.46 bits per heavy atom. The first-order valence-electron chi connectivity index (χ1n) is 8.42. The standard InChI is InChI=1S/C20H24N4/c1-16-6-5-11-23-20(16)24-15-13-21-12-14-22-19-10-4-8-17-7-2-3-9-18(17)19/h2-11,21-22H,12-15H2,1H3,(H,23,24). The van der Waals surface area contributed by atoms with E-state index in [1.165, 1.54) is 22.0 Å². The van der Waals surface area contributed by atoms with Crippen LogP contribution >= 0.6 is 0 Å². The molecular formula is C20H24N4. The summed E-state index contributed by atoms with van der Waals surface area (Å²) in [6, 6.07) is 18.8. The molecule has 0 amide bonds. The number of rotatable bonds is 8. The van der Waals surface area contributed by atoms with E-state index in [1.807, 2.05) is 12.3 Å². The van der Waals surface area contributed by atoms with E-state index in [4.69, 9.17) is 0 Å². The SMILES string of the molecule is Cc1cccnc1NCCNCCNc1cccc2ccccc12. The maximum Gasteiger partial charge on any atom is 0.128 e. The Morgan fingerprint density at radius 2 is 1.58 bits per heavy atom. The molecule has 0 atom stereocenters. The molecule has 4 heteroatoms. The Labute approximate surface area is 143 Å². The van der Waals surface area contributed by atoms with Crippen molar-refractivity contribution in [2.45, 2.75) is 6.92 Å². The van der Waals surface area contributed by atoms with E-state index in [0.29, 0.717) is 0 Å². The topological polar surface area (TPSA) is 49.0 Å². The zero-order valence-corrected chi connectivity index (χ0v) is 14.0. The number of nitrogens with one attached hydrogen (secondary N) is 3. The highest BCUT2D eigenvalue weighted by molar-refractivity contribution is 5.93. The molecule has 0 fully saturated rings. The third kappa shape index (κ3) is 4.24. The average molecular weight is 320 g/mol. The third-order valence-electron chi connectivity index (χ3n) is 4.01. The molecule has 1 aromatic heterocycles. The molecule has 1 heterocycles. The Bertz CT molecular complexity index is 780. The van der Waals surface area contributed by atoms with Crippen molar-refractivity contribution in [1.82, 2.24) is 10.3 Å². The second-order valence-corrected chi connectivity index (χ2v) is 5.80. The second kappa shape index (κ2) is 8.31. The van der Waals surface area contributed by atoms with Gasteiger partial charge in [-0.2, -0.15) is 0 Å². The van der Waals surface area contributed by atoms with Crippen molar-refractivity contribution in [1.29, 1.82) is 0 Å². The highest BCUT2D eigenvalue weighted by atomic mass is 15.0. The van der Waals surface area contributed by atoms with Crippen LogP contribution in [-0.2, 0) is 0 Å². The van der Waals surface area contributed by atoms with Crippen LogP contribution in [0.15, 0.2) is 60.8 Å². The zero-order valence-electron chi connectivity index (χ0n) is 14.0. The Kier molecular flexibility index (Phi) is 5.64. The molecule has 0 saturated carbocycles. The maximum atomic E-state index is 4.33. The molecule has 2 aromatic carbocycles. The highest BCUT2D eigenvalue weighted by Gasteiger charge is 1.99. The molecule has 0 aliphatic carbocycles. The molecule has 0 aliphatic heterocycles. The van der Waals surface area contributed by atoms with Crippen LogP contribution in [0.2, 0.25) is 0 Å². The number of nitrogens with zero attached hydrogens (tertiary/aromatic N) is 1. The van der Waals surface area contributed by atoms with Crippen LogP contribution in [0.4, 0.5) is 11.5 Å². The molecule has 3 N–H and O–H groups in total. The quantitative estimate of drug-likeness (QED) is 0.554. The summed E-state index contributed by atoms with van der Waals surface area (Å²) in [6.45, 7) is 5.67. The molecule has 124 valence electrons. The second-order valence-electron chi connectivity index (χ2n) is 5.80. The molecule has 3 rings (SSSR count). The van der Waals surface area contributed by atoms with E-state index in [9.17, 15) is 0 Å². The number of hydrogen-bond acceptors (Lipinski definition) is 4. The van der Waals surface area contributed by atoms with Crippen LogP contribution in [0.25, 0.3) is 10.8 Å². The predicted octanol–water partition coefficient (Wildman–Crippen LogP) is 3.66. The average Bonchev–Trinajstić information content (AvgIpc) is 2.62. The first-order chi connectivity index (χ1) is 11.8. The summed E-state index contributed by atoms with van der Waals surface area (Å²) in [4.78, 5) is 4.33. The summed E-state index contributed by atoms with van der Waals surface area (Å²) >= 11 is 0. The number of aromatic nitrogens is 1. The fourth-order valence-corrected chi connectivity index (χ4v) is 2.73. The van der Waals surface area contributed by atoms with Crippen LogP contribution in [0.5, 0.6) is 0 Å². The maximum absolute atomic E-state index is 4.33. The molecule has 0 saturated heterocycles. The van der Waals surface area contributed by atoms with Crippen LogP contribution in [0.3, 0.4) is 0 Å². The van der Waals surface area contributed by atoms with E-state index >= 15 is 0 Å². The van der Waals surface area contributed by atoms with Gasteiger partial charge in [0.25, 0.3) is 0 Å². The lowest BCUT2D eigenvalue weighted by Crippen LogP contribution is -2.27. The molecule has 4 nitrogen and oxygen atoms in total. The zero-order chi connectivity index (χ0) is 16.6. The van der Waals surface area contributed by atoms with Gasteiger partial charge in [0, 0.05) is 43.4 Å². The van der Waals surface area contributed by atoms with Gasteiger partial charge >= 0.3 is 0 Å². The fourth-order valence-electron chi connectivity index (χ4n) is 2.73. The Balaban J connectivity index is 1.37. The Hall–Kier alpha value is -2.59. The van der Waals surface area contributed by atoms with E-state index < -0.39 is 0 Å². The summed E-state index contributed by atoms with van der Waals surface area (Å²) in [5.74, 6) is 0.966. The van der Waals surface area contributed by atoms with Crippen molar-refractivity contribution < 1.29 is 0 Å². The number of benzene rings is 2. The first-order valence-corrected chi connectivity index (χ1v) is 8.42. The number of pyridine rings is 1. The molecule has 0 unspecified atom stereocenters. The summed E-state index contributed by atoms with van der Waals surface area (Å²) in [5, 5.41) is 12.8. The largest absolute Gasteiger partial charge is 0.383 e. The van der Waals surface area contributed by atoms with Gasteiger partial charge in [0.1, 0.15) is 5.82 Å². The summed E-state index contributed by atoms with van der Waals surface area (Å²) in [7, 11) is 0. The molecule has 3 aromatic rings. The summed E-state index contributed by atoms with van der Waals surface area (Å²) in [5.41, 5.74) is 2.37. The molecule has 24 heavy (non-hydrogen) atoms. The van der Waals surface area contributed by atoms with Gasteiger partial charge in [0.2, 0.25) is 0 Å². The van der Waals surface area contributed by atoms with Crippen molar-refractivity contribution in [2.75, 3.05) is 36.8 Å². The van der Waals surface area contributed by atoms with Crippen LogP contribution in [0.1, 0.15) is 5.56 Å². The van der Waals surface area contributed by atoms with Gasteiger partial charge in [-0.15, -0.1) is 0 Å². The minimum atomic E-state index is 0.867. The number of aryl methyl sites for hydroxylation is 1. The van der Waals surface area contributed by atoms with E-state index in [0.717, 1.165) is 32.0 Å². The van der Waals surface area contributed by atoms with E-state index in [1.54, 1.807) is 0 Å². The van der Waals surface area contributed by atoms with Gasteiger partial charge in [0.15, 0.2) is 0 Å². The summed E-state index contributed by atoms with van der Waals surface area (Å²) in [6.07, 6.45) is 1.82. The van der Waals surface area contributed by atoms with Crippen molar-refractivity contribution in [2.24, 2.45) is 0 Å². The number of anilines is 2. The van der Waals surface area contributed by atoms with Gasteiger partial charge in [0.05, 0.1) is 0 Å². The monoisotopic (exact) mass is 320 g/mol. The minimum Gasteiger partial charge on any atom is -0.383 e. The van der Waals surface area contributed by atoms with Crippen molar-refractivity contribution in [3.63, 3.8) is 0 Å². The van der Waals surface area contributed by atoms with Crippen molar-refractivity contribution >= 4 is 22.3 Å². The Morgan fingerprint density at radius 1 is 0.792 bits per heavy atom. The third-order valence-corrected chi connectivity index (χ3v) is 4.01. The smallest absolute Gasteiger partial charge is 0.128 e. The van der Waals surface area contributed by atoms with Crippen molar-refractivity contribution in [3.05, 3.63) is 66.4 Å². The van der Waals surface area contributed by atoms with Gasteiger partial charge in [-0.25, -0.2) is 4.98 Å². The normalized spacial score (nSPS) is 10.7. The van der Waals surface area contributed by atoms with Crippen LogP contribution < -0.4 is 16.0 Å². The van der Waals surface area contributed by atoms with E-state index in [2.05, 4.69) is 76.4 Å². The van der Waals surface area contributed by atoms with Crippen LogP contribution in [0, 0.1) is 6.92 Å². The van der Waals surface area contributed by atoms with Gasteiger partial charge in [-0.1, -0.05) is 42.5 Å². The van der Waals surface area contributed by atoms with Gasteiger partial charge < -0.3 is 16.0 Å². The first kappa shape index (κ1) is 16.3. The minimum absolute atomic E-state index is 0.867. The number of fused-ring (bicyclic) bond motifs is 1. The molecule has 0 radical (unpaired) electrons. The highest BCUT2D eigenvalue weighted by Crippen LogP contribution is 2.22. The predicted molar refractivity (Wildman–Crippen MR) is 103 cm³/mol. The lowest BCUT2D eigenvalue weighted by molar-refractivity contribution is 0.718. The van der Waals surface area contributed by atoms with Crippen LogP contribution in [-0.4, -0.2) is 31.2 Å². The molecule has 0 aliphatic rings. The van der Waals surface area contributed by atoms with Crippen molar-refractivity contribution in [3.8, 4) is 0 Å². The summed E-state index contributed by atoms with van der Waals surface area (Å²) < 4.78 is 0. The van der Waals surface area contributed by atoms with Gasteiger partial charge in [-0.3, -0.25) is 0 Å².